The Balaban J connectivity index is 1.80. The van der Waals surface area contributed by atoms with Gasteiger partial charge in [-0.2, -0.15) is 4.98 Å². The first-order valence-electron chi connectivity index (χ1n) is 9.11. The zero-order valence-corrected chi connectivity index (χ0v) is 14.8. The van der Waals surface area contributed by atoms with Gasteiger partial charge in [-0.05, 0) is 28.8 Å². The molecule has 1 aliphatic rings. The van der Waals surface area contributed by atoms with Crippen molar-refractivity contribution in [1.82, 2.24) is 15.0 Å². The van der Waals surface area contributed by atoms with Crippen LogP contribution < -0.4 is 16.4 Å². The SMILES string of the molecule is Nc1ncc2cc(-c3cccc4ccccc34)c(N3CC[C@@H](N)C3)nc2n1. The largest absolute Gasteiger partial charge is 0.368 e. The van der Waals surface area contributed by atoms with Crippen molar-refractivity contribution in [2.24, 2.45) is 5.73 Å². The maximum atomic E-state index is 6.16. The van der Waals surface area contributed by atoms with Gasteiger partial charge in [-0.25, -0.2) is 9.97 Å². The minimum Gasteiger partial charge on any atom is -0.368 e. The van der Waals surface area contributed by atoms with Crippen LogP contribution >= 0.6 is 0 Å². The van der Waals surface area contributed by atoms with E-state index in [4.69, 9.17) is 16.5 Å². The fraction of sp³-hybridized carbons (Fsp3) is 0.190. The number of nitrogens with two attached hydrogens (primary N) is 2. The van der Waals surface area contributed by atoms with Gasteiger partial charge in [0.25, 0.3) is 0 Å². The number of benzene rings is 2. The van der Waals surface area contributed by atoms with Crippen molar-refractivity contribution < 1.29 is 0 Å². The van der Waals surface area contributed by atoms with Crippen LogP contribution in [0.1, 0.15) is 6.42 Å². The Morgan fingerprint density at radius 3 is 2.67 bits per heavy atom. The summed E-state index contributed by atoms with van der Waals surface area (Å²) in [7, 11) is 0. The second-order valence-electron chi connectivity index (χ2n) is 7.02. The van der Waals surface area contributed by atoms with Crippen LogP contribution in [0.15, 0.2) is 54.7 Å². The second kappa shape index (κ2) is 6.17. The van der Waals surface area contributed by atoms with Crippen LogP contribution in [-0.4, -0.2) is 34.1 Å². The molecule has 0 radical (unpaired) electrons. The fourth-order valence-corrected chi connectivity index (χ4v) is 3.85. The van der Waals surface area contributed by atoms with Crippen LogP contribution in [0.3, 0.4) is 0 Å². The third-order valence-electron chi connectivity index (χ3n) is 5.17. The van der Waals surface area contributed by atoms with E-state index >= 15 is 0 Å². The summed E-state index contributed by atoms with van der Waals surface area (Å²) in [6.45, 7) is 1.68. The maximum absolute atomic E-state index is 6.16. The van der Waals surface area contributed by atoms with Crippen molar-refractivity contribution in [3.8, 4) is 11.1 Å². The number of fused-ring (bicyclic) bond motifs is 2. The smallest absolute Gasteiger partial charge is 0.222 e. The van der Waals surface area contributed by atoms with Crippen molar-refractivity contribution in [2.45, 2.75) is 12.5 Å². The molecule has 1 fully saturated rings. The number of anilines is 2. The molecule has 2 aromatic heterocycles. The molecular weight excluding hydrogens is 336 g/mol. The molecule has 0 aliphatic carbocycles. The standard InChI is InChI=1S/C21H20N6/c22-15-8-9-27(12-15)20-18(10-14-11-24-21(23)26-19(14)25-20)17-7-3-5-13-4-1-2-6-16(13)17/h1-7,10-11,15H,8-9,12,22H2,(H2,23,24,25,26)/t15-/m1/s1. The van der Waals surface area contributed by atoms with E-state index in [1.54, 1.807) is 6.20 Å². The zero-order valence-electron chi connectivity index (χ0n) is 14.8. The molecule has 0 saturated carbocycles. The summed E-state index contributed by atoms with van der Waals surface area (Å²) in [6, 6.07) is 17.0. The number of nitrogen functional groups attached to an aromatic ring is 1. The summed E-state index contributed by atoms with van der Waals surface area (Å²) in [5.74, 6) is 1.14. The molecule has 3 heterocycles. The van der Waals surface area contributed by atoms with Gasteiger partial charge in [-0.1, -0.05) is 42.5 Å². The summed E-state index contributed by atoms with van der Waals surface area (Å²) in [5, 5.41) is 3.27. The van der Waals surface area contributed by atoms with E-state index in [1.165, 1.54) is 10.8 Å². The molecule has 1 atom stereocenters. The molecule has 2 aromatic carbocycles. The van der Waals surface area contributed by atoms with E-state index in [0.717, 1.165) is 41.8 Å². The van der Waals surface area contributed by atoms with Gasteiger partial charge in [0, 0.05) is 36.3 Å². The lowest BCUT2D eigenvalue weighted by molar-refractivity contribution is 0.751. The van der Waals surface area contributed by atoms with Crippen LogP contribution in [0.4, 0.5) is 11.8 Å². The molecule has 0 bridgehead atoms. The highest BCUT2D eigenvalue weighted by Crippen LogP contribution is 2.37. The Morgan fingerprint density at radius 2 is 1.81 bits per heavy atom. The molecule has 4 aromatic rings. The lowest BCUT2D eigenvalue weighted by Crippen LogP contribution is -2.27. The molecule has 6 nitrogen and oxygen atoms in total. The average Bonchev–Trinajstić information content (AvgIpc) is 3.13. The van der Waals surface area contributed by atoms with Gasteiger partial charge in [0.1, 0.15) is 5.82 Å². The summed E-state index contributed by atoms with van der Waals surface area (Å²) in [6.07, 6.45) is 2.69. The topological polar surface area (TPSA) is 94.0 Å². The second-order valence-corrected chi connectivity index (χ2v) is 7.02. The van der Waals surface area contributed by atoms with Gasteiger partial charge in [0.15, 0.2) is 5.65 Å². The van der Waals surface area contributed by atoms with Gasteiger partial charge in [0.05, 0.1) is 0 Å². The Kier molecular flexibility index (Phi) is 3.65. The highest BCUT2D eigenvalue weighted by atomic mass is 15.2. The van der Waals surface area contributed by atoms with Crippen molar-refractivity contribution in [3.63, 3.8) is 0 Å². The van der Waals surface area contributed by atoms with Crippen molar-refractivity contribution >= 4 is 33.6 Å². The Hall–Kier alpha value is -3.25. The first-order chi connectivity index (χ1) is 13.2. The lowest BCUT2D eigenvalue weighted by Gasteiger charge is -2.22. The number of nitrogens with zero attached hydrogens (tertiary/aromatic N) is 4. The third kappa shape index (κ3) is 2.74. The molecule has 134 valence electrons. The van der Waals surface area contributed by atoms with Crippen LogP contribution in [-0.2, 0) is 0 Å². The molecule has 0 amide bonds. The lowest BCUT2D eigenvalue weighted by atomic mass is 9.98. The third-order valence-corrected chi connectivity index (χ3v) is 5.17. The van der Waals surface area contributed by atoms with Crippen LogP contribution in [0.5, 0.6) is 0 Å². The number of hydrogen-bond acceptors (Lipinski definition) is 6. The van der Waals surface area contributed by atoms with Crippen LogP contribution in [0.25, 0.3) is 32.9 Å². The van der Waals surface area contributed by atoms with Crippen molar-refractivity contribution in [1.29, 1.82) is 0 Å². The molecule has 1 aliphatic heterocycles. The number of pyridine rings is 1. The predicted molar refractivity (Wildman–Crippen MR) is 109 cm³/mol. The molecule has 4 N–H and O–H groups in total. The fourth-order valence-electron chi connectivity index (χ4n) is 3.85. The molecule has 1 saturated heterocycles. The molecular formula is C21H20N6. The zero-order chi connectivity index (χ0) is 18.4. The van der Waals surface area contributed by atoms with E-state index in [1.807, 2.05) is 0 Å². The minimum absolute atomic E-state index is 0.165. The summed E-state index contributed by atoms with van der Waals surface area (Å²) >= 11 is 0. The summed E-state index contributed by atoms with van der Waals surface area (Å²) < 4.78 is 0. The molecule has 0 unspecified atom stereocenters. The predicted octanol–water partition coefficient (Wildman–Crippen LogP) is 2.96. The normalized spacial score (nSPS) is 17.1. The minimum atomic E-state index is 0.165. The van der Waals surface area contributed by atoms with Gasteiger partial charge in [-0.3, -0.25) is 0 Å². The van der Waals surface area contributed by atoms with Gasteiger partial charge >= 0.3 is 0 Å². The van der Waals surface area contributed by atoms with Crippen molar-refractivity contribution in [3.05, 3.63) is 54.7 Å². The Bertz CT molecular complexity index is 1150. The Labute approximate surface area is 156 Å². The van der Waals surface area contributed by atoms with Gasteiger partial charge in [-0.15, -0.1) is 0 Å². The quantitative estimate of drug-likeness (QED) is 0.573. The number of rotatable bonds is 2. The monoisotopic (exact) mass is 356 g/mol. The van der Waals surface area contributed by atoms with Crippen LogP contribution in [0, 0.1) is 0 Å². The van der Waals surface area contributed by atoms with Gasteiger partial charge in [0.2, 0.25) is 5.95 Å². The number of aromatic nitrogens is 3. The molecule has 5 rings (SSSR count). The van der Waals surface area contributed by atoms with E-state index in [2.05, 4.69) is 63.4 Å². The highest BCUT2D eigenvalue weighted by Gasteiger charge is 2.24. The van der Waals surface area contributed by atoms with Crippen molar-refractivity contribution in [2.75, 3.05) is 23.7 Å². The van der Waals surface area contributed by atoms with E-state index < -0.39 is 0 Å². The van der Waals surface area contributed by atoms with Crippen LogP contribution in [0.2, 0.25) is 0 Å². The molecule has 6 heteroatoms. The van der Waals surface area contributed by atoms with E-state index in [-0.39, 0.29) is 12.0 Å². The summed E-state index contributed by atoms with van der Waals surface area (Å²) in [4.78, 5) is 15.6. The Morgan fingerprint density at radius 1 is 0.963 bits per heavy atom. The van der Waals surface area contributed by atoms with E-state index in [0.29, 0.717) is 5.65 Å². The summed E-state index contributed by atoms with van der Waals surface area (Å²) in [5.41, 5.74) is 14.8. The average molecular weight is 356 g/mol. The number of hydrogen-bond donors (Lipinski definition) is 2. The van der Waals surface area contributed by atoms with E-state index in [9.17, 15) is 0 Å². The highest BCUT2D eigenvalue weighted by molar-refractivity contribution is 6.01. The molecule has 0 spiro atoms. The maximum Gasteiger partial charge on any atom is 0.222 e. The first kappa shape index (κ1) is 16.0. The first-order valence-corrected chi connectivity index (χ1v) is 9.11. The molecule has 27 heavy (non-hydrogen) atoms. The van der Waals surface area contributed by atoms with Gasteiger partial charge < -0.3 is 16.4 Å².